The van der Waals surface area contributed by atoms with Crippen LogP contribution in [0, 0.1) is 5.41 Å². The molecule has 0 bridgehead atoms. The van der Waals surface area contributed by atoms with Gasteiger partial charge in [0.1, 0.15) is 10.1 Å². The summed E-state index contributed by atoms with van der Waals surface area (Å²) in [5, 5.41) is 15.2. The Bertz CT molecular complexity index is 851. The van der Waals surface area contributed by atoms with E-state index < -0.39 is 56.7 Å². The predicted molar refractivity (Wildman–Crippen MR) is 73.2 cm³/mol. The van der Waals surface area contributed by atoms with Gasteiger partial charge in [0, 0.05) is 10.3 Å². The van der Waals surface area contributed by atoms with E-state index in [-0.39, 0.29) is 0 Å². The highest BCUT2D eigenvalue weighted by molar-refractivity contribution is 7.94. The van der Waals surface area contributed by atoms with Crippen LogP contribution in [0.3, 0.4) is 0 Å². The van der Waals surface area contributed by atoms with E-state index in [9.17, 15) is 23.1 Å². The molecule has 1 amide bonds. The van der Waals surface area contributed by atoms with E-state index in [2.05, 4.69) is 10.3 Å². The van der Waals surface area contributed by atoms with Crippen LogP contribution >= 0.6 is 0 Å². The lowest BCUT2D eigenvalue weighted by atomic mass is 9.80. The first-order valence-corrected chi connectivity index (χ1v) is 7.98. The molecule has 1 aromatic rings. The number of hydrogen-bond donors (Lipinski definition) is 1. The summed E-state index contributed by atoms with van der Waals surface area (Å²) in [5.74, 6) is -2.40. The van der Waals surface area contributed by atoms with Gasteiger partial charge < -0.3 is 10.0 Å². The molecule has 0 aromatic carbocycles. The van der Waals surface area contributed by atoms with Crippen LogP contribution in [0.25, 0.3) is 0 Å². The van der Waals surface area contributed by atoms with Crippen molar-refractivity contribution >= 4 is 21.7 Å². The molecule has 2 aliphatic heterocycles. The van der Waals surface area contributed by atoms with Crippen molar-refractivity contribution in [2.45, 2.75) is 43.4 Å². The second-order valence-electron chi connectivity index (χ2n) is 6.06. The summed E-state index contributed by atoms with van der Waals surface area (Å²) >= 11 is 0. The maximum absolute atomic E-state index is 13.2. The number of hydrogen-bond acceptors (Lipinski definition) is 6. The molecule has 9 nitrogen and oxygen atoms in total. The maximum Gasteiger partial charge on any atom is 0.328 e. The molecule has 3 atom stereocenters. The molecule has 3 heterocycles. The number of aliphatic carboxylic acids is 1. The van der Waals surface area contributed by atoms with E-state index in [1.165, 1.54) is 26.2 Å². The van der Waals surface area contributed by atoms with Gasteiger partial charge in [-0.2, -0.15) is 0 Å². The Labute approximate surface area is 131 Å². The first-order chi connectivity index (χ1) is 11.3. The van der Waals surface area contributed by atoms with Gasteiger partial charge in [0.25, 0.3) is 0 Å². The van der Waals surface area contributed by atoms with E-state index in [0.29, 0.717) is 4.90 Å². The highest BCUT2D eigenvalue weighted by Gasteiger charge is 2.76. The minimum Gasteiger partial charge on any atom is -0.480 e. The molecule has 2 fully saturated rings. The first kappa shape index (κ1) is 11.6. The average Bonchev–Trinajstić information content (AvgIpc) is 3.01. The topological polar surface area (TPSA) is 122 Å². The molecule has 1 aromatic heterocycles. The number of carboxylic acids is 1. The van der Waals surface area contributed by atoms with E-state index in [0.717, 1.165) is 4.68 Å². The fraction of sp³-hybridized carbons (Fsp3) is 0.667. The van der Waals surface area contributed by atoms with Gasteiger partial charge in [-0.25, -0.2) is 13.2 Å². The highest BCUT2D eigenvalue weighted by Crippen LogP contribution is 2.54. The Kier molecular flexibility index (Phi) is 2.14. The zero-order chi connectivity index (χ0) is 19.0. The minimum atomic E-state index is -4.59. The summed E-state index contributed by atoms with van der Waals surface area (Å²) in [7, 11) is -4.59. The van der Waals surface area contributed by atoms with Crippen LogP contribution in [0.4, 0.5) is 0 Å². The lowest BCUT2D eigenvalue weighted by Gasteiger charge is -2.48. The molecule has 10 heteroatoms. The molecule has 1 N–H and O–H groups in total. The molecule has 0 spiro atoms. The zero-order valence-corrected chi connectivity index (χ0v) is 12.6. The normalized spacial score (nSPS) is 37.6. The second kappa shape index (κ2) is 4.06. The highest BCUT2D eigenvalue weighted by atomic mass is 32.2. The summed E-state index contributed by atoms with van der Waals surface area (Å²) in [6.07, 6.45) is 2.46. The summed E-state index contributed by atoms with van der Waals surface area (Å²) in [6.45, 7) is -1.25. The third-order valence-electron chi connectivity index (χ3n) is 4.28. The SMILES string of the molecule is [2H]C([2H])([2H])[C@]1(Cn2ccnn2)[C@H](C(=O)O)N2C(=O)C(C)(C)[C@H]2S1(=O)=O. The first-order valence-electron chi connectivity index (χ1n) is 7.93. The fourth-order valence-electron chi connectivity index (χ4n) is 3.25. The van der Waals surface area contributed by atoms with E-state index in [1.54, 1.807) is 0 Å². The molecule has 120 valence electrons. The number of β-lactam (4-membered cyclic amide) rings is 1. The van der Waals surface area contributed by atoms with E-state index in [1.807, 2.05) is 0 Å². The van der Waals surface area contributed by atoms with Crippen molar-refractivity contribution in [3.8, 4) is 0 Å². The lowest BCUT2D eigenvalue weighted by Crippen LogP contribution is -2.68. The third-order valence-corrected chi connectivity index (χ3v) is 7.05. The van der Waals surface area contributed by atoms with Crippen LogP contribution in [-0.4, -0.2) is 61.5 Å². The number of nitrogens with zero attached hydrogens (tertiary/aromatic N) is 4. The monoisotopic (exact) mass is 331 g/mol. The largest absolute Gasteiger partial charge is 0.480 e. The molecule has 0 saturated carbocycles. The van der Waals surface area contributed by atoms with Crippen LogP contribution in [0.2, 0.25) is 0 Å². The van der Waals surface area contributed by atoms with Crippen molar-refractivity contribution in [3.63, 3.8) is 0 Å². The molecule has 2 aliphatic rings. The number of carbonyl (C=O) groups is 2. The molecule has 0 aliphatic carbocycles. The molecule has 0 unspecified atom stereocenters. The van der Waals surface area contributed by atoms with E-state index >= 15 is 0 Å². The average molecular weight is 331 g/mol. The Morgan fingerprint density at radius 3 is 2.73 bits per heavy atom. The van der Waals surface area contributed by atoms with Gasteiger partial charge in [0.15, 0.2) is 15.9 Å². The Hall–Kier alpha value is -1.97. The van der Waals surface area contributed by atoms with Crippen LogP contribution < -0.4 is 0 Å². The van der Waals surface area contributed by atoms with Crippen LogP contribution in [0.1, 0.15) is 24.8 Å². The van der Waals surface area contributed by atoms with Gasteiger partial charge in [-0.3, -0.25) is 9.48 Å². The van der Waals surface area contributed by atoms with Gasteiger partial charge in [-0.1, -0.05) is 5.21 Å². The van der Waals surface area contributed by atoms with Gasteiger partial charge in [0.2, 0.25) is 5.91 Å². The van der Waals surface area contributed by atoms with Crippen molar-refractivity contribution in [1.82, 2.24) is 19.9 Å². The van der Waals surface area contributed by atoms with Crippen molar-refractivity contribution in [1.29, 1.82) is 0 Å². The number of rotatable bonds is 3. The van der Waals surface area contributed by atoms with Gasteiger partial charge in [-0.05, 0) is 20.7 Å². The molecule has 2 saturated heterocycles. The zero-order valence-electron chi connectivity index (χ0n) is 14.8. The number of carbonyl (C=O) groups excluding carboxylic acids is 1. The van der Waals surface area contributed by atoms with Gasteiger partial charge >= 0.3 is 5.97 Å². The van der Waals surface area contributed by atoms with Crippen molar-refractivity contribution < 1.29 is 27.2 Å². The maximum atomic E-state index is 13.2. The lowest BCUT2D eigenvalue weighted by molar-refractivity contribution is -0.171. The molecule has 22 heavy (non-hydrogen) atoms. The Morgan fingerprint density at radius 1 is 1.55 bits per heavy atom. The summed E-state index contributed by atoms with van der Waals surface area (Å²) in [4.78, 5) is 24.9. The minimum absolute atomic E-state index is 0.668. The fourth-order valence-corrected chi connectivity index (χ4v) is 5.88. The number of amides is 1. The number of fused-ring (bicyclic) bond motifs is 1. The smallest absolute Gasteiger partial charge is 0.328 e. The summed E-state index contributed by atoms with van der Waals surface area (Å²) < 4.78 is 48.3. The molecular weight excluding hydrogens is 312 g/mol. The van der Waals surface area contributed by atoms with Gasteiger partial charge in [0.05, 0.1) is 18.2 Å². The number of sulfone groups is 1. The predicted octanol–water partition coefficient (Wildman–Crippen LogP) is -0.887. The Morgan fingerprint density at radius 2 is 2.23 bits per heavy atom. The van der Waals surface area contributed by atoms with Crippen molar-refractivity contribution in [2.24, 2.45) is 5.41 Å². The molecular formula is C12H16N4O5S. The summed E-state index contributed by atoms with van der Waals surface area (Å²) in [6, 6.07) is -2.04. The van der Waals surface area contributed by atoms with Crippen LogP contribution in [0.5, 0.6) is 0 Å². The van der Waals surface area contributed by atoms with Gasteiger partial charge in [-0.15, -0.1) is 5.10 Å². The van der Waals surface area contributed by atoms with Crippen molar-refractivity contribution in [2.75, 3.05) is 0 Å². The van der Waals surface area contributed by atoms with Crippen LogP contribution in [0.15, 0.2) is 12.4 Å². The third kappa shape index (κ3) is 1.50. The standard InChI is InChI=1S/C12H16N4O5S/c1-11(2)9(19)16-7(8(17)18)12(3,22(20,21)10(11)16)6-15-5-4-13-14-15/h4-5,7,10H,6H2,1-3H3,(H,17,18)/t7-,10+,12-/m0/s1/i3D3. The van der Waals surface area contributed by atoms with E-state index in [4.69, 9.17) is 4.11 Å². The summed E-state index contributed by atoms with van der Waals surface area (Å²) in [5.41, 5.74) is -1.40. The number of aromatic nitrogens is 3. The molecule has 3 rings (SSSR count). The second-order valence-corrected chi connectivity index (χ2v) is 8.33. The quantitative estimate of drug-likeness (QED) is 0.713. The van der Waals surface area contributed by atoms with Crippen molar-refractivity contribution in [3.05, 3.63) is 12.4 Å². The number of carboxylic acid groups (broad SMARTS) is 1. The Balaban J connectivity index is 2.31. The molecule has 0 radical (unpaired) electrons. The van der Waals surface area contributed by atoms with Crippen LogP contribution in [-0.2, 0) is 26.0 Å².